The van der Waals surface area contributed by atoms with Crippen LogP contribution in [0.2, 0.25) is 0 Å². The predicted molar refractivity (Wildman–Crippen MR) is 70.9 cm³/mol. The molecule has 0 amide bonds. The van der Waals surface area contributed by atoms with Crippen LogP contribution in [-0.2, 0) is 10.0 Å². The quantitative estimate of drug-likeness (QED) is 0.927. The molecule has 0 saturated carbocycles. The molecule has 1 aromatic carbocycles. The highest BCUT2D eigenvalue weighted by Gasteiger charge is 2.14. The van der Waals surface area contributed by atoms with Gasteiger partial charge >= 0.3 is 0 Å². The number of nitriles is 1. The molecule has 0 atom stereocenters. The Morgan fingerprint density at radius 2 is 2.05 bits per heavy atom. The van der Waals surface area contributed by atoms with Gasteiger partial charge in [-0.15, -0.1) is 0 Å². The van der Waals surface area contributed by atoms with E-state index in [4.69, 9.17) is 5.26 Å². The Hall–Kier alpha value is -2.39. The van der Waals surface area contributed by atoms with Crippen LogP contribution in [0.3, 0.4) is 0 Å². The lowest BCUT2D eigenvalue weighted by Gasteiger charge is -2.08. The first kappa shape index (κ1) is 13.1. The Balaban J connectivity index is 2.35. The summed E-state index contributed by atoms with van der Waals surface area (Å²) < 4.78 is 26.7. The molecule has 0 aliphatic heterocycles. The summed E-state index contributed by atoms with van der Waals surface area (Å²) in [5.74, 6) is 0. The van der Waals surface area contributed by atoms with Crippen LogP contribution in [0.5, 0.6) is 0 Å². The summed E-state index contributed by atoms with van der Waals surface area (Å²) >= 11 is 0. The van der Waals surface area contributed by atoms with E-state index in [2.05, 4.69) is 9.71 Å². The van der Waals surface area contributed by atoms with Gasteiger partial charge in [0.15, 0.2) is 0 Å². The molecule has 2 rings (SSSR count). The van der Waals surface area contributed by atoms with Crippen molar-refractivity contribution in [1.82, 2.24) is 4.98 Å². The van der Waals surface area contributed by atoms with E-state index in [1.165, 1.54) is 24.4 Å². The molecule has 1 aromatic heterocycles. The summed E-state index contributed by atoms with van der Waals surface area (Å²) in [6, 6.07) is 9.43. The van der Waals surface area contributed by atoms with Gasteiger partial charge in [0.05, 0.1) is 28.4 Å². The van der Waals surface area contributed by atoms with Crippen molar-refractivity contribution >= 4 is 15.7 Å². The normalized spacial score (nSPS) is 10.7. The Morgan fingerprint density at radius 1 is 1.26 bits per heavy atom. The van der Waals surface area contributed by atoms with E-state index in [0.29, 0.717) is 11.3 Å². The van der Waals surface area contributed by atoms with Crippen molar-refractivity contribution in [2.75, 3.05) is 4.72 Å². The van der Waals surface area contributed by atoms with Gasteiger partial charge in [0, 0.05) is 6.20 Å². The number of aromatic nitrogens is 1. The van der Waals surface area contributed by atoms with Crippen LogP contribution < -0.4 is 4.72 Å². The fourth-order valence-corrected chi connectivity index (χ4v) is 2.64. The minimum absolute atomic E-state index is 0.0491. The zero-order valence-corrected chi connectivity index (χ0v) is 11.0. The zero-order valence-electron chi connectivity index (χ0n) is 10.2. The molecule has 0 fully saturated rings. The van der Waals surface area contributed by atoms with Crippen LogP contribution in [0.1, 0.15) is 11.1 Å². The third-order valence-electron chi connectivity index (χ3n) is 2.40. The second kappa shape index (κ2) is 5.08. The van der Waals surface area contributed by atoms with Crippen molar-refractivity contribution in [3.8, 4) is 6.07 Å². The van der Waals surface area contributed by atoms with Gasteiger partial charge in [-0.1, -0.05) is 6.07 Å². The van der Waals surface area contributed by atoms with Crippen molar-refractivity contribution in [3.05, 3.63) is 53.9 Å². The van der Waals surface area contributed by atoms with Crippen LogP contribution in [0.25, 0.3) is 0 Å². The molecule has 0 bridgehead atoms. The van der Waals surface area contributed by atoms with Gasteiger partial charge < -0.3 is 0 Å². The third kappa shape index (κ3) is 3.09. The fourth-order valence-electron chi connectivity index (χ4n) is 1.56. The average molecular weight is 273 g/mol. The number of anilines is 1. The molecule has 0 unspecified atom stereocenters. The summed E-state index contributed by atoms with van der Waals surface area (Å²) in [7, 11) is -3.70. The van der Waals surface area contributed by atoms with Crippen LogP contribution in [0.4, 0.5) is 5.69 Å². The minimum Gasteiger partial charge on any atom is -0.278 e. The Kier molecular flexibility index (Phi) is 3.49. The molecule has 19 heavy (non-hydrogen) atoms. The van der Waals surface area contributed by atoms with Crippen molar-refractivity contribution in [2.45, 2.75) is 11.8 Å². The first-order chi connectivity index (χ1) is 9.01. The molecular formula is C13H11N3O2S. The van der Waals surface area contributed by atoms with Gasteiger partial charge in [-0.2, -0.15) is 5.26 Å². The molecule has 6 heteroatoms. The molecule has 0 spiro atoms. The Labute approximate surface area is 111 Å². The molecule has 96 valence electrons. The molecule has 2 aromatic rings. The first-order valence-corrected chi connectivity index (χ1v) is 6.94. The van der Waals surface area contributed by atoms with Gasteiger partial charge in [-0.25, -0.2) is 8.42 Å². The summed E-state index contributed by atoms with van der Waals surface area (Å²) in [4.78, 5) is 3.97. The first-order valence-electron chi connectivity index (χ1n) is 5.46. The Bertz CT molecular complexity index is 748. The number of hydrogen-bond acceptors (Lipinski definition) is 4. The number of rotatable bonds is 3. The SMILES string of the molecule is Cc1cncc(NS(=O)(=O)c2cccc(C#N)c2)c1. The van der Waals surface area contributed by atoms with Crippen molar-refractivity contribution < 1.29 is 8.42 Å². The van der Waals surface area contributed by atoms with Crippen LogP contribution in [0, 0.1) is 18.3 Å². The molecule has 0 aliphatic rings. The summed E-state index contributed by atoms with van der Waals surface area (Å²) in [5.41, 5.74) is 1.54. The van der Waals surface area contributed by atoms with Crippen LogP contribution in [-0.4, -0.2) is 13.4 Å². The van der Waals surface area contributed by atoms with E-state index >= 15 is 0 Å². The molecule has 1 N–H and O–H groups in total. The van der Waals surface area contributed by atoms with E-state index in [0.717, 1.165) is 5.56 Å². The molecule has 0 radical (unpaired) electrons. The van der Waals surface area contributed by atoms with Crippen molar-refractivity contribution in [1.29, 1.82) is 5.26 Å². The lowest BCUT2D eigenvalue weighted by Crippen LogP contribution is -2.13. The van der Waals surface area contributed by atoms with E-state index in [-0.39, 0.29) is 4.90 Å². The maximum absolute atomic E-state index is 12.1. The summed E-state index contributed by atoms with van der Waals surface area (Å²) in [6.45, 7) is 1.82. The number of nitrogens with one attached hydrogen (secondary N) is 1. The molecular weight excluding hydrogens is 262 g/mol. The number of nitrogens with zero attached hydrogens (tertiary/aromatic N) is 2. The summed E-state index contributed by atoms with van der Waals surface area (Å²) in [5, 5.41) is 8.78. The van der Waals surface area contributed by atoms with Crippen molar-refractivity contribution in [3.63, 3.8) is 0 Å². The highest BCUT2D eigenvalue weighted by atomic mass is 32.2. The fraction of sp³-hybridized carbons (Fsp3) is 0.0769. The van der Waals surface area contributed by atoms with Crippen LogP contribution >= 0.6 is 0 Å². The highest BCUT2D eigenvalue weighted by molar-refractivity contribution is 7.92. The topological polar surface area (TPSA) is 82.8 Å². The monoisotopic (exact) mass is 273 g/mol. The number of benzene rings is 1. The lowest BCUT2D eigenvalue weighted by atomic mass is 10.2. The maximum Gasteiger partial charge on any atom is 0.261 e. The zero-order chi connectivity index (χ0) is 13.9. The van der Waals surface area contributed by atoms with Gasteiger partial charge in [-0.05, 0) is 36.8 Å². The Morgan fingerprint density at radius 3 is 2.74 bits per heavy atom. The van der Waals surface area contributed by atoms with Gasteiger partial charge in [0.25, 0.3) is 10.0 Å². The average Bonchev–Trinajstić information content (AvgIpc) is 2.38. The minimum atomic E-state index is -3.70. The number of aryl methyl sites for hydroxylation is 1. The summed E-state index contributed by atoms with van der Waals surface area (Å²) in [6.07, 6.45) is 3.06. The predicted octanol–water partition coefficient (Wildman–Crippen LogP) is 2.06. The second-order valence-electron chi connectivity index (χ2n) is 4.00. The molecule has 1 heterocycles. The molecule has 5 nitrogen and oxygen atoms in total. The molecule has 0 aliphatic carbocycles. The number of pyridine rings is 1. The van der Waals surface area contributed by atoms with Gasteiger partial charge in [0.2, 0.25) is 0 Å². The van der Waals surface area contributed by atoms with E-state index in [9.17, 15) is 8.42 Å². The van der Waals surface area contributed by atoms with E-state index < -0.39 is 10.0 Å². The third-order valence-corrected chi connectivity index (χ3v) is 3.78. The highest BCUT2D eigenvalue weighted by Crippen LogP contribution is 2.16. The standard InChI is InChI=1S/C13H11N3O2S/c1-10-5-12(9-15-8-10)16-19(17,18)13-4-2-3-11(6-13)7-14/h2-6,8-9,16H,1H3. The van der Waals surface area contributed by atoms with Crippen LogP contribution in [0.15, 0.2) is 47.6 Å². The van der Waals surface area contributed by atoms with Gasteiger partial charge in [-0.3, -0.25) is 9.71 Å². The molecule has 0 saturated heterocycles. The lowest BCUT2D eigenvalue weighted by molar-refractivity contribution is 0.601. The largest absolute Gasteiger partial charge is 0.278 e. The van der Waals surface area contributed by atoms with Gasteiger partial charge in [0.1, 0.15) is 0 Å². The maximum atomic E-state index is 12.1. The van der Waals surface area contributed by atoms with Crippen molar-refractivity contribution in [2.24, 2.45) is 0 Å². The van der Waals surface area contributed by atoms with E-state index in [1.54, 1.807) is 18.3 Å². The number of hydrogen-bond donors (Lipinski definition) is 1. The van der Waals surface area contributed by atoms with E-state index in [1.807, 2.05) is 13.0 Å². The second-order valence-corrected chi connectivity index (χ2v) is 5.68. The smallest absolute Gasteiger partial charge is 0.261 e. The number of sulfonamides is 1.